The van der Waals surface area contributed by atoms with Gasteiger partial charge in [0.1, 0.15) is 11.5 Å². The zero-order chi connectivity index (χ0) is 20.9. The average molecular weight is 423 g/mol. The minimum atomic E-state index is -0.372. The van der Waals surface area contributed by atoms with E-state index in [2.05, 4.69) is 15.6 Å². The molecule has 0 saturated heterocycles. The number of aromatic nitrogens is 1. The first-order valence-electron chi connectivity index (χ1n) is 8.93. The lowest BCUT2D eigenvalue weighted by atomic mass is 10.3. The Kier molecular flexibility index (Phi) is 5.62. The van der Waals surface area contributed by atoms with Crippen LogP contribution in [0.5, 0.6) is 11.5 Å². The van der Waals surface area contributed by atoms with E-state index in [-0.39, 0.29) is 24.2 Å². The molecule has 0 aliphatic heterocycles. The van der Waals surface area contributed by atoms with Crippen LogP contribution in [0.3, 0.4) is 0 Å². The number of anilines is 2. The first-order chi connectivity index (χ1) is 14.6. The zero-order valence-corrected chi connectivity index (χ0v) is 16.7. The maximum atomic E-state index is 12.2. The summed E-state index contributed by atoms with van der Waals surface area (Å²) in [6, 6.07) is 15.5. The fourth-order valence-electron chi connectivity index (χ4n) is 2.64. The van der Waals surface area contributed by atoms with Crippen molar-refractivity contribution >= 4 is 44.2 Å². The zero-order valence-electron chi connectivity index (χ0n) is 15.9. The predicted octanol–water partition coefficient (Wildman–Crippen LogP) is 4.17. The van der Waals surface area contributed by atoms with Crippen LogP contribution in [0.25, 0.3) is 10.2 Å². The molecule has 2 N–H and O–H groups in total. The second-order valence-corrected chi connectivity index (χ2v) is 7.18. The normalized spacial score (nSPS) is 10.6. The number of fused-ring (bicyclic) bond motifs is 1. The first-order valence-corrected chi connectivity index (χ1v) is 9.74. The summed E-state index contributed by atoms with van der Waals surface area (Å²) in [7, 11) is 1.58. The van der Waals surface area contributed by atoms with E-state index in [1.54, 1.807) is 61.7 Å². The van der Waals surface area contributed by atoms with Crippen LogP contribution in [0.2, 0.25) is 0 Å². The van der Waals surface area contributed by atoms with Crippen molar-refractivity contribution in [1.29, 1.82) is 0 Å². The van der Waals surface area contributed by atoms with E-state index < -0.39 is 0 Å². The standard InChI is InChI=1S/C21H17N3O5S/c1-27-14-5-7-15(8-6-14)29-12-19(25)22-13-4-9-16-18(11-13)30-21(23-16)24-20(26)17-3-2-10-28-17/h2-11H,12H2,1H3,(H,22,25)(H,23,24,26). The van der Waals surface area contributed by atoms with Gasteiger partial charge in [-0.25, -0.2) is 4.98 Å². The van der Waals surface area contributed by atoms with Crippen molar-refractivity contribution in [1.82, 2.24) is 4.98 Å². The van der Waals surface area contributed by atoms with E-state index >= 15 is 0 Å². The Balaban J connectivity index is 1.36. The SMILES string of the molecule is COc1ccc(OCC(=O)Nc2ccc3nc(NC(=O)c4ccco4)sc3c2)cc1. The van der Waals surface area contributed by atoms with Gasteiger partial charge in [-0.1, -0.05) is 11.3 Å². The largest absolute Gasteiger partial charge is 0.497 e. The summed E-state index contributed by atoms with van der Waals surface area (Å²) in [6.45, 7) is -0.127. The third-order valence-corrected chi connectivity index (χ3v) is 5.00. The highest BCUT2D eigenvalue weighted by molar-refractivity contribution is 7.22. The van der Waals surface area contributed by atoms with Gasteiger partial charge in [0.15, 0.2) is 17.5 Å². The summed E-state index contributed by atoms with van der Waals surface area (Å²) in [6.07, 6.45) is 1.43. The van der Waals surface area contributed by atoms with Crippen LogP contribution >= 0.6 is 11.3 Å². The van der Waals surface area contributed by atoms with E-state index in [9.17, 15) is 9.59 Å². The summed E-state index contributed by atoms with van der Waals surface area (Å²) in [5, 5.41) is 5.93. The maximum absolute atomic E-state index is 12.2. The molecular weight excluding hydrogens is 406 g/mol. The van der Waals surface area contributed by atoms with Crippen molar-refractivity contribution in [2.24, 2.45) is 0 Å². The molecule has 0 radical (unpaired) electrons. The molecule has 4 aromatic rings. The lowest BCUT2D eigenvalue weighted by Crippen LogP contribution is -2.20. The smallest absolute Gasteiger partial charge is 0.293 e. The highest BCUT2D eigenvalue weighted by atomic mass is 32.1. The van der Waals surface area contributed by atoms with E-state index in [4.69, 9.17) is 13.9 Å². The second kappa shape index (κ2) is 8.66. The van der Waals surface area contributed by atoms with Gasteiger partial charge in [0, 0.05) is 5.69 Å². The van der Waals surface area contributed by atoms with Crippen LogP contribution < -0.4 is 20.1 Å². The van der Waals surface area contributed by atoms with Crippen molar-refractivity contribution in [2.75, 3.05) is 24.4 Å². The highest BCUT2D eigenvalue weighted by Crippen LogP contribution is 2.28. The Bertz CT molecular complexity index is 1170. The average Bonchev–Trinajstić information content (AvgIpc) is 3.42. The lowest BCUT2D eigenvalue weighted by Gasteiger charge is -2.08. The van der Waals surface area contributed by atoms with E-state index in [0.29, 0.717) is 27.8 Å². The summed E-state index contributed by atoms with van der Waals surface area (Å²) in [5.74, 6) is 0.827. The van der Waals surface area contributed by atoms with Crippen molar-refractivity contribution in [2.45, 2.75) is 0 Å². The minimum absolute atomic E-state index is 0.127. The molecule has 0 spiro atoms. The summed E-state index contributed by atoms with van der Waals surface area (Å²) in [4.78, 5) is 28.6. The number of methoxy groups -OCH3 is 1. The monoisotopic (exact) mass is 423 g/mol. The number of carbonyl (C=O) groups excluding carboxylic acids is 2. The van der Waals surface area contributed by atoms with Crippen LogP contribution in [0.1, 0.15) is 10.6 Å². The fourth-order valence-corrected chi connectivity index (χ4v) is 3.54. The van der Waals surface area contributed by atoms with Crippen LogP contribution in [0, 0.1) is 0 Å². The van der Waals surface area contributed by atoms with Gasteiger partial charge in [0.05, 0.1) is 23.6 Å². The van der Waals surface area contributed by atoms with Crippen LogP contribution in [-0.4, -0.2) is 30.5 Å². The van der Waals surface area contributed by atoms with Gasteiger partial charge < -0.3 is 19.2 Å². The molecule has 0 fully saturated rings. The number of nitrogens with zero attached hydrogens (tertiary/aromatic N) is 1. The number of benzene rings is 2. The number of hydrogen-bond acceptors (Lipinski definition) is 7. The van der Waals surface area contributed by atoms with Gasteiger partial charge in [-0.2, -0.15) is 0 Å². The Morgan fingerprint density at radius 2 is 1.87 bits per heavy atom. The molecule has 30 heavy (non-hydrogen) atoms. The van der Waals surface area contributed by atoms with Crippen LogP contribution in [0.4, 0.5) is 10.8 Å². The quantitative estimate of drug-likeness (QED) is 0.463. The first kappa shape index (κ1) is 19.5. The van der Waals surface area contributed by atoms with Gasteiger partial charge >= 0.3 is 0 Å². The second-order valence-electron chi connectivity index (χ2n) is 6.15. The topological polar surface area (TPSA) is 103 Å². The molecule has 2 aromatic carbocycles. The Labute approximate surface area is 175 Å². The molecule has 0 bridgehead atoms. The van der Waals surface area contributed by atoms with Gasteiger partial charge in [-0.15, -0.1) is 0 Å². The van der Waals surface area contributed by atoms with E-state index in [0.717, 1.165) is 4.70 Å². The molecule has 2 aromatic heterocycles. The number of ether oxygens (including phenoxy) is 2. The highest BCUT2D eigenvalue weighted by Gasteiger charge is 2.13. The van der Waals surface area contributed by atoms with Crippen molar-refractivity contribution < 1.29 is 23.5 Å². The van der Waals surface area contributed by atoms with Gasteiger partial charge in [0.2, 0.25) is 0 Å². The summed E-state index contributed by atoms with van der Waals surface area (Å²) >= 11 is 1.30. The molecule has 152 valence electrons. The Morgan fingerprint density at radius 3 is 2.60 bits per heavy atom. The van der Waals surface area contributed by atoms with Crippen molar-refractivity contribution in [3.8, 4) is 11.5 Å². The fraction of sp³-hybridized carbons (Fsp3) is 0.0952. The van der Waals surface area contributed by atoms with Crippen molar-refractivity contribution in [3.63, 3.8) is 0 Å². The van der Waals surface area contributed by atoms with Gasteiger partial charge in [-0.05, 0) is 54.6 Å². The third kappa shape index (κ3) is 4.58. The molecular formula is C21H17N3O5S. The summed E-state index contributed by atoms with van der Waals surface area (Å²) in [5.41, 5.74) is 1.32. The molecule has 4 rings (SSSR count). The van der Waals surface area contributed by atoms with Crippen molar-refractivity contribution in [3.05, 3.63) is 66.6 Å². The number of amides is 2. The number of nitrogens with one attached hydrogen (secondary N) is 2. The molecule has 0 aliphatic rings. The number of hydrogen-bond donors (Lipinski definition) is 2. The number of rotatable bonds is 7. The summed E-state index contributed by atoms with van der Waals surface area (Å²) < 4.78 is 16.4. The van der Waals surface area contributed by atoms with Crippen LogP contribution in [0.15, 0.2) is 65.3 Å². The number of thiazole rings is 1. The molecule has 2 heterocycles. The Hall–Kier alpha value is -3.85. The predicted molar refractivity (Wildman–Crippen MR) is 113 cm³/mol. The molecule has 2 amide bonds. The molecule has 9 heteroatoms. The molecule has 0 saturated carbocycles. The molecule has 0 aliphatic carbocycles. The van der Waals surface area contributed by atoms with E-state index in [1.165, 1.54) is 17.6 Å². The van der Waals surface area contributed by atoms with E-state index in [1.807, 2.05) is 0 Å². The maximum Gasteiger partial charge on any atom is 0.293 e. The lowest BCUT2D eigenvalue weighted by molar-refractivity contribution is -0.118. The van der Waals surface area contributed by atoms with Gasteiger partial charge in [-0.3, -0.25) is 14.9 Å². The number of furan rings is 1. The molecule has 8 nitrogen and oxygen atoms in total. The molecule has 0 atom stereocenters. The van der Waals surface area contributed by atoms with Crippen LogP contribution in [-0.2, 0) is 4.79 Å². The molecule has 0 unspecified atom stereocenters. The third-order valence-electron chi connectivity index (χ3n) is 4.07. The Morgan fingerprint density at radius 1 is 1.07 bits per heavy atom. The van der Waals surface area contributed by atoms with Gasteiger partial charge in [0.25, 0.3) is 11.8 Å². The number of carbonyl (C=O) groups is 2. The minimum Gasteiger partial charge on any atom is -0.497 e.